The molecule has 2 aromatic rings. The third-order valence-electron chi connectivity index (χ3n) is 2.70. The average molecular weight is 254 g/mol. The molecule has 0 atom stereocenters. The van der Waals surface area contributed by atoms with Crippen LogP contribution in [0, 0.1) is 0 Å². The molecular formula is C16H14O3. The van der Waals surface area contributed by atoms with Crippen LogP contribution >= 0.6 is 0 Å². The van der Waals surface area contributed by atoms with Gasteiger partial charge in [0, 0.05) is 12.0 Å². The molecule has 0 saturated carbocycles. The van der Waals surface area contributed by atoms with Crippen LogP contribution in [-0.4, -0.2) is 16.0 Å². The van der Waals surface area contributed by atoms with Crippen LogP contribution in [0.1, 0.15) is 22.3 Å². The number of rotatable bonds is 4. The Kier molecular flexibility index (Phi) is 3.98. The summed E-state index contributed by atoms with van der Waals surface area (Å²) in [6, 6.07) is 12.9. The quantitative estimate of drug-likeness (QED) is 0.822. The van der Waals surface area contributed by atoms with E-state index in [0.717, 1.165) is 5.56 Å². The van der Waals surface area contributed by atoms with E-state index in [1.807, 2.05) is 6.08 Å². The Morgan fingerprint density at radius 1 is 0.895 bits per heavy atom. The third-order valence-corrected chi connectivity index (χ3v) is 2.70. The monoisotopic (exact) mass is 254 g/mol. The minimum Gasteiger partial charge on any atom is -0.508 e. The van der Waals surface area contributed by atoms with Crippen molar-refractivity contribution in [2.24, 2.45) is 0 Å². The predicted molar refractivity (Wildman–Crippen MR) is 74.2 cm³/mol. The smallest absolute Gasteiger partial charge is 0.166 e. The van der Waals surface area contributed by atoms with E-state index < -0.39 is 0 Å². The highest BCUT2D eigenvalue weighted by atomic mass is 16.3. The molecule has 3 heteroatoms. The van der Waals surface area contributed by atoms with E-state index in [-0.39, 0.29) is 17.3 Å². The van der Waals surface area contributed by atoms with Crippen LogP contribution in [0.15, 0.2) is 54.6 Å². The molecule has 0 saturated heterocycles. The summed E-state index contributed by atoms with van der Waals surface area (Å²) in [6.07, 6.45) is 3.91. The van der Waals surface area contributed by atoms with E-state index in [2.05, 4.69) is 0 Å². The summed E-state index contributed by atoms with van der Waals surface area (Å²) < 4.78 is 0. The van der Waals surface area contributed by atoms with Gasteiger partial charge in [0.05, 0.1) is 0 Å². The number of hydrogen-bond donors (Lipinski definition) is 2. The van der Waals surface area contributed by atoms with Gasteiger partial charge in [-0.1, -0.05) is 24.3 Å². The highest BCUT2D eigenvalue weighted by Gasteiger charge is 2.02. The Hall–Kier alpha value is -2.55. The minimum atomic E-state index is -0.00460. The van der Waals surface area contributed by atoms with Crippen molar-refractivity contribution in [3.63, 3.8) is 0 Å². The Bertz CT molecular complexity index is 580. The fourth-order valence-corrected chi connectivity index (χ4v) is 1.65. The van der Waals surface area contributed by atoms with Crippen LogP contribution in [0.2, 0.25) is 0 Å². The molecule has 0 aliphatic carbocycles. The molecule has 3 nitrogen and oxygen atoms in total. The van der Waals surface area contributed by atoms with Gasteiger partial charge in [-0.25, -0.2) is 0 Å². The molecular weight excluding hydrogens is 240 g/mol. The Morgan fingerprint density at radius 3 is 2.00 bits per heavy atom. The number of phenolic OH excluding ortho intramolecular Hbond substituents is 2. The summed E-state index contributed by atoms with van der Waals surface area (Å²) in [6.45, 7) is 0. The third kappa shape index (κ3) is 3.71. The summed E-state index contributed by atoms with van der Waals surface area (Å²) in [4.78, 5) is 11.8. The molecule has 0 bridgehead atoms. The first-order valence-electron chi connectivity index (χ1n) is 5.93. The topological polar surface area (TPSA) is 57.5 Å². The second-order valence-electron chi connectivity index (χ2n) is 4.17. The van der Waals surface area contributed by atoms with Gasteiger partial charge in [-0.05, 0) is 42.0 Å². The lowest BCUT2D eigenvalue weighted by molar-refractivity contribution is 0.0996. The first-order chi connectivity index (χ1) is 9.15. The zero-order chi connectivity index (χ0) is 13.7. The van der Waals surface area contributed by atoms with Crippen molar-refractivity contribution in [1.29, 1.82) is 0 Å². The van der Waals surface area contributed by atoms with Crippen molar-refractivity contribution in [2.45, 2.75) is 6.42 Å². The molecule has 0 aromatic heterocycles. The SMILES string of the molecule is O=C(CC=Cc1ccc(O)cc1)c1ccc(O)cc1. The molecule has 0 aliphatic rings. The number of phenols is 2. The number of aromatic hydroxyl groups is 2. The largest absolute Gasteiger partial charge is 0.508 e. The summed E-state index contributed by atoms with van der Waals surface area (Å²) in [7, 11) is 0. The van der Waals surface area contributed by atoms with Gasteiger partial charge in [-0.3, -0.25) is 4.79 Å². The van der Waals surface area contributed by atoms with E-state index in [1.54, 1.807) is 42.5 Å². The Morgan fingerprint density at radius 2 is 1.42 bits per heavy atom. The number of Topliss-reactive ketones (excluding diaryl/α,β-unsaturated/α-hetero) is 1. The zero-order valence-electron chi connectivity index (χ0n) is 10.3. The van der Waals surface area contributed by atoms with Crippen molar-refractivity contribution in [3.8, 4) is 11.5 Å². The molecule has 96 valence electrons. The van der Waals surface area contributed by atoms with Gasteiger partial charge in [0.15, 0.2) is 5.78 Å². The highest BCUT2D eigenvalue weighted by Crippen LogP contribution is 2.13. The number of allylic oxidation sites excluding steroid dienone is 1. The maximum absolute atomic E-state index is 11.8. The van der Waals surface area contributed by atoms with Crippen LogP contribution < -0.4 is 0 Å². The van der Waals surface area contributed by atoms with Crippen LogP contribution in [-0.2, 0) is 0 Å². The highest BCUT2D eigenvalue weighted by molar-refractivity contribution is 5.97. The van der Waals surface area contributed by atoms with Gasteiger partial charge >= 0.3 is 0 Å². The standard InChI is InChI=1S/C16H14O3/c17-14-8-4-12(5-9-14)2-1-3-16(19)13-6-10-15(18)11-7-13/h1-2,4-11,17-18H,3H2. The number of benzene rings is 2. The van der Waals surface area contributed by atoms with Crippen molar-refractivity contribution in [2.75, 3.05) is 0 Å². The van der Waals surface area contributed by atoms with Crippen LogP contribution in [0.5, 0.6) is 11.5 Å². The molecule has 0 amide bonds. The van der Waals surface area contributed by atoms with Gasteiger partial charge < -0.3 is 10.2 Å². The van der Waals surface area contributed by atoms with E-state index in [0.29, 0.717) is 12.0 Å². The molecule has 0 fully saturated rings. The molecule has 0 unspecified atom stereocenters. The Balaban J connectivity index is 1.96. The lowest BCUT2D eigenvalue weighted by Crippen LogP contribution is -1.95. The molecule has 2 aromatic carbocycles. The van der Waals surface area contributed by atoms with Crippen molar-refractivity contribution < 1.29 is 15.0 Å². The average Bonchev–Trinajstić information content (AvgIpc) is 2.41. The summed E-state index contributed by atoms with van der Waals surface area (Å²) in [5.41, 5.74) is 1.50. The molecule has 0 heterocycles. The molecule has 0 radical (unpaired) electrons. The van der Waals surface area contributed by atoms with E-state index in [9.17, 15) is 4.79 Å². The summed E-state index contributed by atoms with van der Waals surface area (Å²) >= 11 is 0. The normalized spacial score (nSPS) is 10.7. The predicted octanol–water partition coefficient (Wildman–Crippen LogP) is 3.38. The van der Waals surface area contributed by atoms with Gasteiger partial charge in [0.2, 0.25) is 0 Å². The maximum Gasteiger partial charge on any atom is 0.166 e. The number of ketones is 1. The second-order valence-corrected chi connectivity index (χ2v) is 4.17. The minimum absolute atomic E-state index is 0.00460. The van der Waals surface area contributed by atoms with Crippen molar-refractivity contribution >= 4 is 11.9 Å². The number of carbonyl (C=O) groups excluding carboxylic acids is 1. The molecule has 2 rings (SSSR count). The van der Waals surface area contributed by atoms with Crippen molar-refractivity contribution in [1.82, 2.24) is 0 Å². The maximum atomic E-state index is 11.8. The second kappa shape index (κ2) is 5.87. The van der Waals surface area contributed by atoms with Gasteiger partial charge in [0.25, 0.3) is 0 Å². The van der Waals surface area contributed by atoms with Gasteiger partial charge in [-0.2, -0.15) is 0 Å². The summed E-state index contributed by atoms with van der Waals surface area (Å²) in [5, 5.41) is 18.3. The first kappa shape index (κ1) is 12.9. The lowest BCUT2D eigenvalue weighted by Gasteiger charge is -1.98. The fourth-order valence-electron chi connectivity index (χ4n) is 1.65. The van der Waals surface area contributed by atoms with Gasteiger partial charge in [0.1, 0.15) is 11.5 Å². The Labute approximate surface area is 111 Å². The molecule has 0 aliphatic heterocycles. The van der Waals surface area contributed by atoms with Crippen LogP contribution in [0.25, 0.3) is 6.08 Å². The number of hydrogen-bond acceptors (Lipinski definition) is 3. The molecule has 2 N–H and O–H groups in total. The first-order valence-corrected chi connectivity index (χ1v) is 5.93. The molecule has 19 heavy (non-hydrogen) atoms. The lowest BCUT2D eigenvalue weighted by atomic mass is 10.1. The zero-order valence-corrected chi connectivity index (χ0v) is 10.3. The number of carbonyl (C=O) groups is 1. The van der Waals surface area contributed by atoms with E-state index >= 15 is 0 Å². The van der Waals surface area contributed by atoms with E-state index in [4.69, 9.17) is 10.2 Å². The van der Waals surface area contributed by atoms with Crippen LogP contribution in [0.4, 0.5) is 0 Å². The van der Waals surface area contributed by atoms with Crippen molar-refractivity contribution in [3.05, 3.63) is 65.7 Å². The van der Waals surface area contributed by atoms with E-state index in [1.165, 1.54) is 12.1 Å². The fraction of sp³-hybridized carbons (Fsp3) is 0.0625. The van der Waals surface area contributed by atoms with Gasteiger partial charge in [-0.15, -0.1) is 0 Å². The molecule has 0 spiro atoms. The summed E-state index contributed by atoms with van der Waals surface area (Å²) in [5.74, 6) is 0.364. The van der Waals surface area contributed by atoms with Crippen LogP contribution in [0.3, 0.4) is 0 Å².